The summed E-state index contributed by atoms with van der Waals surface area (Å²) >= 11 is 0. The minimum Gasteiger partial charge on any atom is -0.624 e. The second kappa shape index (κ2) is 2.38. The van der Waals surface area contributed by atoms with E-state index in [4.69, 9.17) is 0 Å². The quantitative estimate of drug-likeness (QED) is 0.141. The summed E-state index contributed by atoms with van der Waals surface area (Å²) in [6.07, 6.45) is 1.33. The van der Waals surface area contributed by atoms with Crippen molar-refractivity contribution < 1.29 is 9.53 Å². The van der Waals surface area contributed by atoms with Gasteiger partial charge in [-0.05, 0) is 0 Å². The Balaban J connectivity index is 3.41. The van der Waals surface area contributed by atoms with Crippen LogP contribution in [0.25, 0.3) is 0 Å². The first-order valence-corrected chi connectivity index (χ1v) is 1.46. The second-order valence-corrected chi connectivity index (χ2v) is 0.831. The van der Waals surface area contributed by atoms with Gasteiger partial charge in [0.1, 0.15) is 7.05 Å². The zero-order valence-corrected chi connectivity index (χ0v) is 3.42. The van der Waals surface area contributed by atoms with Crippen molar-refractivity contribution in [3.8, 4) is 0 Å². The van der Waals surface area contributed by atoms with Crippen LogP contribution in [0.15, 0.2) is 0 Å². The van der Waals surface area contributed by atoms with Gasteiger partial charge in [0.05, 0.1) is 0 Å². The summed E-state index contributed by atoms with van der Waals surface area (Å²) in [5, 5.41) is 9.67. The molecule has 0 bridgehead atoms. The van der Waals surface area contributed by atoms with Crippen LogP contribution in [0.4, 0.5) is 0 Å². The van der Waals surface area contributed by atoms with E-state index in [1.807, 2.05) is 0 Å². The third-order valence-corrected chi connectivity index (χ3v) is 0.271. The van der Waals surface area contributed by atoms with Crippen LogP contribution >= 0.6 is 0 Å². The first-order valence-electron chi connectivity index (χ1n) is 1.46. The molecule has 0 amide bonds. The van der Waals surface area contributed by atoms with Crippen LogP contribution in [-0.4, -0.2) is 24.3 Å². The lowest BCUT2D eigenvalue weighted by Gasteiger charge is -1.86. The lowest BCUT2D eigenvalue weighted by atomic mass is 10.8. The third-order valence-electron chi connectivity index (χ3n) is 0.271. The molecule has 0 spiro atoms. The van der Waals surface area contributed by atoms with Crippen LogP contribution in [-0.2, 0) is 4.79 Å². The number of hydrogen-bond acceptors (Lipinski definition) is 2. The van der Waals surface area contributed by atoms with E-state index in [0.717, 1.165) is 6.21 Å². The van der Waals surface area contributed by atoms with Crippen molar-refractivity contribution in [2.24, 2.45) is 0 Å². The molecule has 0 rings (SSSR count). The molecule has 0 aliphatic carbocycles. The first kappa shape index (κ1) is 5.14. The lowest BCUT2D eigenvalue weighted by Crippen LogP contribution is -1.95. The van der Waals surface area contributed by atoms with Crippen molar-refractivity contribution in [2.45, 2.75) is 0 Å². The average Bonchev–Trinajstić information content (AvgIpc) is 1.35. The maximum absolute atomic E-state index is 9.67. The van der Waals surface area contributed by atoms with Gasteiger partial charge in [-0.2, -0.15) is 0 Å². The van der Waals surface area contributed by atoms with Gasteiger partial charge in [0, 0.05) is 0 Å². The molecule has 3 heteroatoms. The van der Waals surface area contributed by atoms with E-state index in [0.29, 0.717) is 11.0 Å². The van der Waals surface area contributed by atoms with Crippen LogP contribution in [0.1, 0.15) is 0 Å². The van der Waals surface area contributed by atoms with Gasteiger partial charge in [-0.3, -0.25) is 4.79 Å². The molecule has 0 N–H and O–H groups in total. The second-order valence-electron chi connectivity index (χ2n) is 0.831. The Bertz CT molecular complexity index is 72.9. The molecule has 0 radical (unpaired) electrons. The highest BCUT2D eigenvalue weighted by Gasteiger charge is 1.67. The number of hydroxylamine groups is 1. The Hall–Kier alpha value is -0.860. The van der Waals surface area contributed by atoms with E-state index in [2.05, 4.69) is 0 Å². The molecule has 0 aromatic rings. The van der Waals surface area contributed by atoms with E-state index in [1.165, 1.54) is 7.05 Å². The number of carbonyl (C=O) groups excluding carboxylic acids is 1. The molecule has 0 atom stereocenters. The molecule has 0 aliphatic heterocycles. The summed E-state index contributed by atoms with van der Waals surface area (Å²) < 4.78 is 0.438. The zero-order valence-electron chi connectivity index (χ0n) is 3.42. The smallest absolute Gasteiger partial charge is 0.214 e. The van der Waals surface area contributed by atoms with Crippen molar-refractivity contribution in [3.05, 3.63) is 5.21 Å². The minimum absolute atomic E-state index is 0.438. The molecular weight excluding hydrogens is 82.0 g/mol. The number of rotatable bonds is 1. The summed E-state index contributed by atoms with van der Waals surface area (Å²) in [7, 11) is 1.24. The SMILES string of the molecule is C[N+]([O-])=CC=O. The maximum atomic E-state index is 9.67. The van der Waals surface area contributed by atoms with Gasteiger partial charge < -0.3 is 5.21 Å². The zero-order chi connectivity index (χ0) is 4.99. The molecule has 0 aliphatic rings. The van der Waals surface area contributed by atoms with Gasteiger partial charge in [0.25, 0.3) is 0 Å². The molecule has 0 fully saturated rings. The van der Waals surface area contributed by atoms with E-state index in [9.17, 15) is 10.0 Å². The Labute approximate surface area is 35.5 Å². The molecule has 0 saturated carbocycles. The minimum atomic E-state index is 0.438. The molecule has 6 heavy (non-hydrogen) atoms. The molecule has 34 valence electrons. The first-order chi connectivity index (χ1) is 2.77. The maximum Gasteiger partial charge on any atom is 0.214 e. The predicted molar refractivity (Wildman–Crippen MR) is 21.7 cm³/mol. The highest BCUT2D eigenvalue weighted by atomic mass is 16.5. The van der Waals surface area contributed by atoms with Gasteiger partial charge >= 0.3 is 0 Å². The Morgan fingerprint density at radius 2 is 2.33 bits per heavy atom. The van der Waals surface area contributed by atoms with Crippen LogP contribution in [0.2, 0.25) is 0 Å². The highest BCUT2D eigenvalue weighted by Crippen LogP contribution is 1.46. The normalized spacial score (nSPS) is 11.2. The largest absolute Gasteiger partial charge is 0.624 e. The number of nitrogens with zero attached hydrogens (tertiary/aromatic N) is 1. The molecule has 0 heterocycles. The van der Waals surface area contributed by atoms with Crippen molar-refractivity contribution in [3.63, 3.8) is 0 Å². The molecular formula is C3H5NO2. The van der Waals surface area contributed by atoms with Crippen LogP contribution in [0.5, 0.6) is 0 Å². The topological polar surface area (TPSA) is 43.1 Å². The van der Waals surface area contributed by atoms with Crippen molar-refractivity contribution >= 4 is 12.5 Å². The van der Waals surface area contributed by atoms with Gasteiger partial charge in [0.2, 0.25) is 12.5 Å². The monoisotopic (exact) mass is 87.0 g/mol. The Morgan fingerprint density at radius 1 is 1.83 bits per heavy atom. The van der Waals surface area contributed by atoms with Gasteiger partial charge in [-0.15, -0.1) is 0 Å². The third kappa shape index (κ3) is 3.14. The molecule has 0 aromatic heterocycles. The van der Waals surface area contributed by atoms with Crippen molar-refractivity contribution in [1.82, 2.24) is 0 Å². The van der Waals surface area contributed by atoms with E-state index < -0.39 is 0 Å². The number of carbonyl (C=O) groups is 1. The fraction of sp³-hybridized carbons (Fsp3) is 0.333. The molecule has 0 saturated heterocycles. The Morgan fingerprint density at radius 3 is 2.33 bits per heavy atom. The number of hydrogen-bond donors (Lipinski definition) is 0. The summed E-state index contributed by atoms with van der Waals surface area (Å²) in [4.78, 5) is 9.32. The average molecular weight is 87.1 g/mol. The molecule has 0 unspecified atom stereocenters. The predicted octanol–water partition coefficient (Wildman–Crippen LogP) is -0.604. The molecule has 3 nitrogen and oxygen atoms in total. The van der Waals surface area contributed by atoms with Crippen LogP contribution in [0, 0.1) is 5.21 Å². The fourth-order valence-electron chi connectivity index (χ4n) is 0.0857. The van der Waals surface area contributed by atoms with E-state index in [-0.39, 0.29) is 0 Å². The molecule has 0 aromatic carbocycles. The summed E-state index contributed by atoms with van der Waals surface area (Å²) in [6.45, 7) is 0. The van der Waals surface area contributed by atoms with Gasteiger partial charge in [-0.25, -0.2) is 4.74 Å². The summed E-state index contributed by atoms with van der Waals surface area (Å²) in [5.41, 5.74) is 0. The number of aldehydes is 1. The van der Waals surface area contributed by atoms with Crippen molar-refractivity contribution in [1.29, 1.82) is 0 Å². The van der Waals surface area contributed by atoms with E-state index >= 15 is 0 Å². The van der Waals surface area contributed by atoms with Gasteiger partial charge in [0.15, 0.2) is 0 Å². The summed E-state index contributed by atoms with van der Waals surface area (Å²) in [5.74, 6) is 0. The van der Waals surface area contributed by atoms with E-state index in [1.54, 1.807) is 0 Å². The van der Waals surface area contributed by atoms with Crippen molar-refractivity contribution in [2.75, 3.05) is 7.05 Å². The fourth-order valence-corrected chi connectivity index (χ4v) is 0.0857. The van der Waals surface area contributed by atoms with Gasteiger partial charge in [-0.1, -0.05) is 0 Å². The lowest BCUT2D eigenvalue weighted by molar-refractivity contribution is -0.416. The summed E-state index contributed by atoms with van der Waals surface area (Å²) in [6, 6.07) is 0. The standard InChI is InChI=1S/C3H5NO2/c1-4(6)2-3-5/h2-3H,1H3. The highest BCUT2D eigenvalue weighted by molar-refractivity contribution is 6.10. The van der Waals surface area contributed by atoms with Crippen LogP contribution < -0.4 is 0 Å². The van der Waals surface area contributed by atoms with Crippen LogP contribution in [0.3, 0.4) is 0 Å². The Kier molecular flexibility index (Phi) is 2.04.